The molecule has 5 nitrogen and oxygen atoms in total. The van der Waals surface area contributed by atoms with Crippen molar-refractivity contribution in [3.05, 3.63) is 35.4 Å². The van der Waals surface area contributed by atoms with Crippen LogP contribution in [0, 0.1) is 0 Å². The van der Waals surface area contributed by atoms with E-state index in [-0.39, 0.29) is 5.91 Å². The van der Waals surface area contributed by atoms with E-state index in [0.29, 0.717) is 38.2 Å². The predicted molar refractivity (Wildman–Crippen MR) is 85.0 cm³/mol. The van der Waals surface area contributed by atoms with Crippen LogP contribution in [0.3, 0.4) is 0 Å². The van der Waals surface area contributed by atoms with Gasteiger partial charge in [-0.2, -0.15) is 0 Å². The van der Waals surface area contributed by atoms with Gasteiger partial charge in [0.05, 0.1) is 0 Å². The molecule has 1 aromatic rings. The number of carboxylic acid groups (broad SMARTS) is 1. The van der Waals surface area contributed by atoms with Gasteiger partial charge in [-0.3, -0.25) is 14.5 Å². The predicted octanol–water partition coefficient (Wildman–Crippen LogP) is 1.87. The lowest BCUT2D eigenvalue weighted by Crippen LogP contribution is -2.53. The molecule has 1 aromatic carbocycles. The van der Waals surface area contributed by atoms with Gasteiger partial charge in [0.1, 0.15) is 6.04 Å². The number of carbonyl (C=O) groups excluding carboxylic acids is 1. The smallest absolute Gasteiger partial charge is 0.320 e. The zero-order valence-corrected chi connectivity index (χ0v) is 13.3. The molecule has 0 spiro atoms. The molecule has 0 bridgehead atoms. The summed E-state index contributed by atoms with van der Waals surface area (Å²) < 4.78 is 0. The molecule has 1 saturated heterocycles. The normalized spacial score (nSPS) is 17.3. The quantitative estimate of drug-likeness (QED) is 0.902. The highest BCUT2D eigenvalue weighted by Gasteiger charge is 2.29. The van der Waals surface area contributed by atoms with Gasteiger partial charge in [0.15, 0.2) is 0 Å². The number of hydrogen-bond donors (Lipinski definition) is 1. The second-order valence-electron chi connectivity index (χ2n) is 5.64. The number of carbonyl (C=O) groups is 2. The van der Waals surface area contributed by atoms with E-state index in [1.165, 1.54) is 5.56 Å². The van der Waals surface area contributed by atoms with Gasteiger partial charge in [-0.25, -0.2) is 0 Å². The van der Waals surface area contributed by atoms with Crippen LogP contribution in [0.5, 0.6) is 0 Å². The summed E-state index contributed by atoms with van der Waals surface area (Å²) in [6.45, 7) is 6.36. The van der Waals surface area contributed by atoms with Crippen LogP contribution >= 0.6 is 0 Å². The zero-order valence-electron chi connectivity index (χ0n) is 13.3. The number of nitrogens with zero attached hydrogens (tertiary/aromatic N) is 2. The monoisotopic (exact) mass is 304 g/mol. The Morgan fingerprint density at radius 1 is 1.09 bits per heavy atom. The third-order valence-electron chi connectivity index (χ3n) is 4.32. The fourth-order valence-electron chi connectivity index (χ4n) is 2.89. The summed E-state index contributed by atoms with van der Waals surface area (Å²) in [5, 5.41) is 9.21. The van der Waals surface area contributed by atoms with E-state index in [2.05, 4.69) is 6.92 Å². The van der Waals surface area contributed by atoms with E-state index < -0.39 is 12.0 Å². The van der Waals surface area contributed by atoms with E-state index in [9.17, 15) is 14.7 Å². The second-order valence-corrected chi connectivity index (χ2v) is 5.64. The largest absolute Gasteiger partial charge is 0.480 e. The molecule has 0 aliphatic carbocycles. The van der Waals surface area contributed by atoms with Gasteiger partial charge >= 0.3 is 5.97 Å². The SMILES string of the molecule is CCc1ccc(C(=O)N2CCN(C(CC)C(=O)O)CC2)cc1. The Hall–Kier alpha value is -1.88. The highest BCUT2D eigenvalue weighted by atomic mass is 16.4. The summed E-state index contributed by atoms with van der Waals surface area (Å²) in [6.07, 6.45) is 1.54. The van der Waals surface area contributed by atoms with Crippen molar-refractivity contribution in [2.75, 3.05) is 26.2 Å². The van der Waals surface area contributed by atoms with Gasteiger partial charge in [0.2, 0.25) is 0 Å². The van der Waals surface area contributed by atoms with E-state index in [1.54, 1.807) is 0 Å². The summed E-state index contributed by atoms with van der Waals surface area (Å²) in [6, 6.07) is 7.28. The molecule has 2 rings (SSSR count). The molecule has 1 N–H and O–H groups in total. The lowest BCUT2D eigenvalue weighted by molar-refractivity contribution is -0.144. The number of benzene rings is 1. The average molecular weight is 304 g/mol. The first-order valence-electron chi connectivity index (χ1n) is 7.91. The molecule has 0 aromatic heterocycles. The molecule has 0 saturated carbocycles. The number of aliphatic carboxylic acids is 1. The van der Waals surface area contributed by atoms with Crippen LogP contribution in [0.2, 0.25) is 0 Å². The fourth-order valence-corrected chi connectivity index (χ4v) is 2.89. The van der Waals surface area contributed by atoms with Gasteiger partial charge in [-0.15, -0.1) is 0 Å². The Kier molecular flexibility index (Phi) is 5.55. The Bertz CT molecular complexity index is 519. The van der Waals surface area contributed by atoms with Crippen molar-refractivity contribution in [1.82, 2.24) is 9.80 Å². The van der Waals surface area contributed by atoms with Gasteiger partial charge in [-0.05, 0) is 30.5 Å². The van der Waals surface area contributed by atoms with Crippen LogP contribution in [-0.4, -0.2) is 59.0 Å². The van der Waals surface area contributed by atoms with Gasteiger partial charge < -0.3 is 10.0 Å². The molecule has 0 radical (unpaired) electrons. The number of rotatable bonds is 5. The summed E-state index contributed by atoms with van der Waals surface area (Å²) >= 11 is 0. The van der Waals surface area contributed by atoms with Crippen molar-refractivity contribution in [2.45, 2.75) is 32.7 Å². The van der Waals surface area contributed by atoms with Gasteiger partial charge in [0, 0.05) is 31.7 Å². The Labute approximate surface area is 131 Å². The number of hydrogen-bond acceptors (Lipinski definition) is 3. The number of aryl methyl sites for hydroxylation is 1. The third kappa shape index (κ3) is 3.65. The first-order valence-corrected chi connectivity index (χ1v) is 7.91. The average Bonchev–Trinajstić information content (AvgIpc) is 2.55. The van der Waals surface area contributed by atoms with Crippen LogP contribution in [0.1, 0.15) is 36.2 Å². The van der Waals surface area contributed by atoms with Crippen molar-refractivity contribution < 1.29 is 14.7 Å². The van der Waals surface area contributed by atoms with Crippen LogP contribution < -0.4 is 0 Å². The lowest BCUT2D eigenvalue weighted by Gasteiger charge is -2.37. The topological polar surface area (TPSA) is 60.9 Å². The number of carboxylic acids is 1. The van der Waals surface area contributed by atoms with E-state index in [4.69, 9.17) is 0 Å². The highest BCUT2D eigenvalue weighted by molar-refractivity contribution is 5.94. The molecule has 1 atom stereocenters. The maximum atomic E-state index is 12.5. The first-order chi connectivity index (χ1) is 10.6. The van der Waals surface area contributed by atoms with Gasteiger partial charge in [-0.1, -0.05) is 26.0 Å². The Balaban J connectivity index is 1.95. The minimum atomic E-state index is -0.780. The molecule has 5 heteroatoms. The fraction of sp³-hybridized carbons (Fsp3) is 0.529. The molecular weight excluding hydrogens is 280 g/mol. The number of piperazine rings is 1. The molecule has 1 amide bonds. The molecule has 1 aliphatic rings. The van der Waals surface area contributed by atoms with E-state index in [0.717, 1.165) is 6.42 Å². The molecule has 1 unspecified atom stereocenters. The van der Waals surface area contributed by atoms with Crippen molar-refractivity contribution in [1.29, 1.82) is 0 Å². The highest BCUT2D eigenvalue weighted by Crippen LogP contribution is 2.13. The second kappa shape index (κ2) is 7.40. The maximum Gasteiger partial charge on any atom is 0.320 e. The van der Waals surface area contributed by atoms with Crippen LogP contribution in [-0.2, 0) is 11.2 Å². The lowest BCUT2D eigenvalue weighted by atomic mass is 10.1. The van der Waals surface area contributed by atoms with Crippen LogP contribution in [0.4, 0.5) is 0 Å². The van der Waals surface area contributed by atoms with Crippen LogP contribution in [0.15, 0.2) is 24.3 Å². The standard InChI is InChI=1S/C17H24N2O3/c1-3-13-5-7-14(8-6-13)16(20)19-11-9-18(10-12-19)15(4-2)17(21)22/h5-8,15H,3-4,9-12H2,1-2H3,(H,21,22). The summed E-state index contributed by atoms with van der Waals surface area (Å²) in [4.78, 5) is 27.4. The summed E-state index contributed by atoms with van der Waals surface area (Å²) in [7, 11) is 0. The summed E-state index contributed by atoms with van der Waals surface area (Å²) in [5.41, 5.74) is 1.92. The van der Waals surface area contributed by atoms with Crippen molar-refractivity contribution in [3.8, 4) is 0 Å². The van der Waals surface area contributed by atoms with E-state index in [1.807, 2.05) is 41.0 Å². The maximum absolute atomic E-state index is 12.5. The van der Waals surface area contributed by atoms with Gasteiger partial charge in [0.25, 0.3) is 5.91 Å². The molecule has 22 heavy (non-hydrogen) atoms. The molecule has 1 heterocycles. The Morgan fingerprint density at radius 3 is 2.14 bits per heavy atom. The first kappa shape index (κ1) is 16.5. The zero-order chi connectivity index (χ0) is 16.1. The molecule has 1 aliphatic heterocycles. The van der Waals surface area contributed by atoms with E-state index >= 15 is 0 Å². The van der Waals surface area contributed by atoms with Crippen molar-refractivity contribution >= 4 is 11.9 Å². The molecular formula is C17H24N2O3. The van der Waals surface area contributed by atoms with Crippen LogP contribution in [0.25, 0.3) is 0 Å². The Morgan fingerprint density at radius 2 is 1.68 bits per heavy atom. The number of amides is 1. The molecule has 1 fully saturated rings. The summed E-state index contributed by atoms with van der Waals surface area (Å²) in [5.74, 6) is -0.747. The van der Waals surface area contributed by atoms with Crippen molar-refractivity contribution in [2.24, 2.45) is 0 Å². The minimum absolute atomic E-state index is 0.0330. The van der Waals surface area contributed by atoms with Crippen molar-refractivity contribution in [3.63, 3.8) is 0 Å². The third-order valence-corrected chi connectivity index (χ3v) is 4.32. The minimum Gasteiger partial charge on any atom is -0.480 e. The molecule has 120 valence electrons.